The average Bonchev–Trinajstić information content (AvgIpc) is 2.45. The molecule has 0 bridgehead atoms. The number of aryl methyl sites for hydroxylation is 1. The summed E-state index contributed by atoms with van der Waals surface area (Å²) >= 11 is 3.26. The first kappa shape index (κ1) is 14.3. The fraction of sp³-hybridized carbons (Fsp3) is 0.235. The van der Waals surface area contributed by atoms with Gasteiger partial charge in [0.15, 0.2) is 5.78 Å². The van der Waals surface area contributed by atoms with Gasteiger partial charge in [-0.3, -0.25) is 4.79 Å². The van der Waals surface area contributed by atoms with Crippen LogP contribution in [0.2, 0.25) is 0 Å². The highest BCUT2D eigenvalue weighted by Crippen LogP contribution is 2.26. The molecule has 0 saturated heterocycles. The molecule has 0 spiro atoms. The second kappa shape index (κ2) is 5.98. The quantitative estimate of drug-likeness (QED) is 0.804. The number of benzene rings is 2. The Balaban J connectivity index is 1.76. The summed E-state index contributed by atoms with van der Waals surface area (Å²) in [6.45, 7) is 0.267. The molecule has 2 aromatic carbocycles. The number of rotatable bonds is 3. The highest BCUT2D eigenvalue weighted by molar-refractivity contribution is 9.10. The molecule has 0 unspecified atom stereocenters. The third kappa shape index (κ3) is 3.32. The van der Waals surface area contributed by atoms with Crippen LogP contribution in [-0.2, 0) is 13.0 Å². The molecule has 0 fully saturated rings. The van der Waals surface area contributed by atoms with Crippen molar-refractivity contribution in [3.63, 3.8) is 0 Å². The highest BCUT2D eigenvalue weighted by Gasteiger charge is 2.17. The fourth-order valence-corrected chi connectivity index (χ4v) is 3.07. The van der Waals surface area contributed by atoms with Crippen molar-refractivity contribution < 1.29 is 13.9 Å². The molecule has 0 saturated carbocycles. The van der Waals surface area contributed by atoms with Crippen molar-refractivity contribution >= 4 is 21.7 Å². The van der Waals surface area contributed by atoms with Crippen molar-refractivity contribution in [3.8, 4) is 5.75 Å². The number of ether oxygens (including phenoxy) is 1. The van der Waals surface area contributed by atoms with E-state index in [1.807, 2.05) is 18.2 Å². The SMILES string of the molecule is O=C1CCCc2ccc(OCc3cc(F)cc(Br)c3)cc21. The van der Waals surface area contributed by atoms with E-state index in [2.05, 4.69) is 15.9 Å². The summed E-state index contributed by atoms with van der Waals surface area (Å²) in [5.74, 6) is 0.517. The Morgan fingerprint density at radius 2 is 2.00 bits per heavy atom. The minimum atomic E-state index is -0.302. The summed E-state index contributed by atoms with van der Waals surface area (Å²) < 4.78 is 19.7. The number of Topliss-reactive ketones (excluding diaryl/α,β-unsaturated/α-hetero) is 1. The first-order chi connectivity index (χ1) is 10.1. The van der Waals surface area contributed by atoms with Gasteiger partial charge in [0.25, 0.3) is 0 Å². The first-order valence-electron chi connectivity index (χ1n) is 6.86. The number of hydrogen-bond acceptors (Lipinski definition) is 2. The Morgan fingerprint density at radius 3 is 2.81 bits per heavy atom. The minimum absolute atomic E-state index is 0.176. The number of carbonyl (C=O) groups excluding carboxylic acids is 1. The molecule has 0 amide bonds. The number of ketones is 1. The van der Waals surface area contributed by atoms with Gasteiger partial charge in [-0.15, -0.1) is 0 Å². The Kier molecular flexibility index (Phi) is 4.06. The van der Waals surface area contributed by atoms with Crippen LogP contribution in [0, 0.1) is 5.82 Å². The summed E-state index contributed by atoms with van der Waals surface area (Å²) in [6.07, 6.45) is 2.47. The van der Waals surface area contributed by atoms with Gasteiger partial charge in [0, 0.05) is 16.5 Å². The van der Waals surface area contributed by atoms with Gasteiger partial charge >= 0.3 is 0 Å². The van der Waals surface area contributed by atoms with E-state index >= 15 is 0 Å². The molecule has 1 aliphatic rings. The van der Waals surface area contributed by atoms with Crippen LogP contribution in [0.5, 0.6) is 5.75 Å². The van der Waals surface area contributed by atoms with E-state index in [-0.39, 0.29) is 18.2 Å². The molecule has 0 heterocycles. The lowest BCUT2D eigenvalue weighted by atomic mass is 9.90. The summed E-state index contributed by atoms with van der Waals surface area (Å²) in [4.78, 5) is 11.9. The highest BCUT2D eigenvalue weighted by atomic mass is 79.9. The minimum Gasteiger partial charge on any atom is -0.489 e. The maximum absolute atomic E-state index is 13.3. The third-order valence-electron chi connectivity index (χ3n) is 3.56. The zero-order valence-electron chi connectivity index (χ0n) is 11.4. The van der Waals surface area contributed by atoms with Crippen molar-refractivity contribution in [2.45, 2.75) is 25.9 Å². The molecule has 2 aromatic rings. The van der Waals surface area contributed by atoms with E-state index in [1.54, 1.807) is 6.07 Å². The second-order valence-electron chi connectivity index (χ2n) is 5.16. The molecule has 0 radical (unpaired) electrons. The standard InChI is InChI=1S/C17H14BrFO2/c18-13-6-11(7-14(19)8-13)10-21-15-5-4-12-2-1-3-17(20)16(12)9-15/h4-9H,1-3,10H2. The summed E-state index contributed by atoms with van der Waals surface area (Å²) in [6, 6.07) is 10.3. The van der Waals surface area contributed by atoms with Crippen molar-refractivity contribution in [1.29, 1.82) is 0 Å². The number of halogens is 2. The van der Waals surface area contributed by atoms with Crippen molar-refractivity contribution in [2.24, 2.45) is 0 Å². The molecule has 0 aliphatic heterocycles. The molecule has 0 atom stereocenters. The molecular formula is C17H14BrFO2. The van der Waals surface area contributed by atoms with Crippen molar-refractivity contribution in [3.05, 3.63) is 63.4 Å². The summed E-state index contributed by atoms with van der Waals surface area (Å²) in [7, 11) is 0. The largest absolute Gasteiger partial charge is 0.489 e. The van der Waals surface area contributed by atoms with Crippen LogP contribution >= 0.6 is 15.9 Å². The van der Waals surface area contributed by atoms with Crippen LogP contribution in [0.25, 0.3) is 0 Å². The van der Waals surface area contributed by atoms with Crippen molar-refractivity contribution in [1.82, 2.24) is 0 Å². The van der Waals surface area contributed by atoms with E-state index in [4.69, 9.17) is 4.74 Å². The Morgan fingerprint density at radius 1 is 1.14 bits per heavy atom. The predicted octanol–water partition coefficient (Wildman–Crippen LogP) is 4.69. The maximum atomic E-state index is 13.3. The van der Waals surface area contributed by atoms with Crippen LogP contribution in [-0.4, -0.2) is 5.78 Å². The lowest BCUT2D eigenvalue weighted by Crippen LogP contribution is -2.10. The van der Waals surface area contributed by atoms with Crippen LogP contribution in [0.15, 0.2) is 40.9 Å². The number of carbonyl (C=O) groups is 1. The number of fused-ring (bicyclic) bond motifs is 1. The summed E-state index contributed by atoms with van der Waals surface area (Å²) in [5.41, 5.74) is 2.59. The topological polar surface area (TPSA) is 26.3 Å². The molecule has 0 N–H and O–H groups in total. The Labute approximate surface area is 131 Å². The van der Waals surface area contributed by atoms with Gasteiger partial charge in [0.2, 0.25) is 0 Å². The monoisotopic (exact) mass is 348 g/mol. The van der Waals surface area contributed by atoms with Gasteiger partial charge in [-0.1, -0.05) is 22.0 Å². The van der Waals surface area contributed by atoms with Crippen LogP contribution in [0.3, 0.4) is 0 Å². The zero-order valence-corrected chi connectivity index (χ0v) is 13.0. The van der Waals surface area contributed by atoms with E-state index in [0.29, 0.717) is 16.6 Å². The Bertz CT molecular complexity index is 677. The van der Waals surface area contributed by atoms with Gasteiger partial charge in [-0.25, -0.2) is 4.39 Å². The van der Waals surface area contributed by atoms with Gasteiger partial charge in [-0.2, -0.15) is 0 Å². The van der Waals surface area contributed by atoms with E-state index < -0.39 is 0 Å². The van der Waals surface area contributed by atoms with Gasteiger partial charge < -0.3 is 4.74 Å². The molecule has 3 rings (SSSR count). The first-order valence-corrected chi connectivity index (χ1v) is 7.65. The number of hydrogen-bond donors (Lipinski definition) is 0. The predicted molar refractivity (Wildman–Crippen MR) is 82.1 cm³/mol. The van der Waals surface area contributed by atoms with Crippen LogP contribution in [0.4, 0.5) is 4.39 Å². The molecular weight excluding hydrogens is 335 g/mol. The van der Waals surface area contributed by atoms with E-state index in [9.17, 15) is 9.18 Å². The lowest BCUT2D eigenvalue weighted by molar-refractivity contribution is 0.0972. The third-order valence-corrected chi connectivity index (χ3v) is 4.02. The van der Waals surface area contributed by atoms with Gasteiger partial charge in [0.1, 0.15) is 18.2 Å². The smallest absolute Gasteiger partial charge is 0.163 e. The van der Waals surface area contributed by atoms with Gasteiger partial charge in [-0.05, 0) is 54.3 Å². The maximum Gasteiger partial charge on any atom is 0.163 e. The molecule has 21 heavy (non-hydrogen) atoms. The Hall–Kier alpha value is -1.68. The van der Waals surface area contributed by atoms with Gasteiger partial charge in [0.05, 0.1) is 0 Å². The molecule has 108 valence electrons. The normalized spacial score (nSPS) is 13.9. The lowest BCUT2D eigenvalue weighted by Gasteiger charge is -2.16. The average molecular weight is 349 g/mol. The van der Waals surface area contributed by atoms with E-state index in [1.165, 1.54) is 12.1 Å². The van der Waals surface area contributed by atoms with Crippen LogP contribution in [0.1, 0.15) is 34.3 Å². The molecule has 0 aromatic heterocycles. The van der Waals surface area contributed by atoms with Crippen molar-refractivity contribution in [2.75, 3.05) is 0 Å². The van der Waals surface area contributed by atoms with Crippen LogP contribution < -0.4 is 4.74 Å². The molecule has 2 nitrogen and oxygen atoms in total. The molecule has 4 heteroatoms. The van der Waals surface area contributed by atoms with E-state index in [0.717, 1.165) is 29.5 Å². The zero-order chi connectivity index (χ0) is 14.8. The second-order valence-corrected chi connectivity index (χ2v) is 6.08. The fourth-order valence-electron chi connectivity index (χ4n) is 2.56. The summed E-state index contributed by atoms with van der Waals surface area (Å²) in [5, 5.41) is 0. The molecule has 1 aliphatic carbocycles.